The number of rotatable bonds is 5. The van der Waals surface area contributed by atoms with E-state index >= 15 is 0 Å². The number of thioether (sulfide) groups is 1. The number of carbonyl (C=O) groups is 1. The molecule has 3 aromatic rings. The Balaban J connectivity index is 1.52. The first-order valence-electron chi connectivity index (χ1n) is 9.55. The van der Waals surface area contributed by atoms with Crippen molar-refractivity contribution in [2.75, 3.05) is 10.7 Å². The van der Waals surface area contributed by atoms with Gasteiger partial charge in [0.1, 0.15) is 0 Å². The molecule has 1 atom stereocenters. The number of amides is 1. The van der Waals surface area contributed by atoms with Crippen LogP contribution in [0.5, 0.6) is 0 Å². The molecule has 1 amide bonds. The fraction of sp³-hybridized carbons (Fsp3) is 0.333. The molecule has 7 heteroatoms. The van der Waals surface area contributed by atoms with Gasteiger partial charge in [0.25, 0.3) is 0 Å². The van der Waals surface area contributed by atoms with Gasteiger partial charge in [-0.3, -0.25) is 9.78 Å². The highest BCUT2D eigenvalue weighted by Gasteiger charge is 2.28. The predicted octanol–water partition coefficient (Wildman–Crippen LogP) is 3.82. The zero-order chi connectivity index (χ0) is 19.5. The van der Waals surface area contributed by atoms with Crippen LogP contribution in [0, 0.1) is 0 Å². The third-order valence-electron chi connectivity index (χ3n) is 5.09. The van der Waals surface area contributed by atoms with E-state index in [1.807, 2.05) is 39.8 Å². The maximum Gasteiger partial charge on any atom is 0.237 e. The molecule has 0 fully saturated rings. The van der Waals surface area contributed by atoms with E-state index in [1.165, 1.54) is 17.3 Å². The van der Waals surface area contributed by atoms with Gasteiger partial charge in [0.2, 0.25) is 5.91 Å². The summed E-state index contributed by atoms with van der Waals surface area (Å²) < 4.78 is 2.04. The summed E-state index contributed by atoms with van der Waals surface area (Å²) in [6.07, 6.45) is 5.50. The van der Waals surface area contributed by atoms with Crippen molar-refractivity contribution in [3.05, 3.63) is 54.4 Å². The second-order valence-electron chi connectivity index (χ2n) is 6.86. The minimum Gasteiger partial charge on any atom is -0.309 e. The number of anilines is 1. The lowest BCUT2D eigenvalue weighted by atomic mass is 9.97. The summed E-state index contributed by atoms with van der Waals surface area (Å²) in [6.45, 7) is 4.92. The number of benzene rings is 1. The van der Waals surface area contributed by atoms with Crippen LogP contribution in [0.25, 0.3) is 11.4 Å². The molecule has 0 radical (unpaired) electrons. The number of carbonyl (C=O) groups excluding carboxylic acids is 1. The summed E-state index contributed by atoms with van der Waals surface area (Å²) in [7, 11) is 0. The van der Waals surface area contributed by atoms with Crippen molar-refractivity contribution in [1.82, 2.24) is 19.7 Å². The van der Waals surface area contributed by atoms with Crippen molar-refractivity contribution in [1.29, 1.82) is 0 Å². The van der Waals surface area contributed by atoms with Gasteiger partial charge in [0.15, 0.2) is 11.0 Å². The first kappa shape index (κ1) is 18.7. The van der Waals surface area contributed by atoms with Crippen molar-refractivity contribution < 1.29 is 4.79 Å². The number of para-hydroxylation sites is 1. The molecule has 0 saturated heterocycles. The number of pyridine rings is 1. The normalized spacial score (nSPS) is 16.1. The summed E-state index contributed by atoms with van der Waals surface area (Å²) in [5.41, 5.74) is 3.26. The summed E-state index contributed by atoms with van der Waals surface area (Å²) in [6, 6.07) is 12.2. The Bertz CT molecular complexity index is 972. The van der Waals surface area contributed by atoms with Crippen LogP contribution in [0.2, 0.25) is 0 Å². The van der Waals surface area contributed by atoms with Gasteiger partial charge in [-0.1, -0.05) is 30.0 Å². The average molecular weight is 394 g/mol. The van der Waals surface area contributed by atoms with Crippen molar-refractivity contribution in [2.45, 2.75) is 44.4 Å². The molecule has 0 N–H and O–H groups in total. The molecule has 0 saturated carbocycles. The standard InChI is InChI=1S/C21H23N5OS/c1-3-25-20(17-10-12-22-13-11-17)23-24-21(25)28-14-19(27)26-15(2)8-9-16-6-4-5-7-18(16)26/h4-7,10-13,15H,3,8-9,14H2,1-2H3. The Hall–Kier alpha value is -2.67. The first-order chi connectivity index (χ1) is 13.7. The summed E-state index contributed by atoms with van der Waals surface area (Å²) in [5.74, 6) is 1.25. The van der Waals surface area contributed by atoms with Crippen LogP contribution >= 0.6 is 11.8 Å². The molecule has 1 aromatic carbocycles. The molecule has 1 unspecified atom stereocenters. The van der Waals surface area contributed by atoms with Gasteiger partial charge < -0.3 is 9.47 Å². The Morgan fingerprint density at radius 2 is 1.96 bits per heavy atom. The fourth-order valence-electron chi connectivity index (χ4n) is 3.66. The molecule has 1 aliphatic heterocycles. The van der Waals surface area contributed by atoms with Crippen LogP contribution in [0.3, 0.4) is 0 Å². The minimum absolute atomic E-state index is 0.112. The van der Waals surface area contributed by atoms with Gasteiger partial charge in [0.05, 0.1) is 5.75 Å². The van der Waals surface area contributed by atoms with Gasteiger partial charge >= 0.3 is 0 Å². The van der Waals surface area contributed by atoms with Crippen LogP contribution in [0.4, 0.5) is 5.69 Å². The smallest absolute Gasteiger partial charge is 0.237 e. The molecular formula is C21H23N5OS. The molecule has 28 heavy (non-hydrogen) atoms. The largest absolute Gasteiger partial charge is 0.309 e. The molecule has 0 spiro atoms. The van der Waals surface area contributed by atoms with Crippen LogP contribution in [0.1, 0.15) is 25.8 Å². The molecule has 0 aliphatic carbocycles. The zero-order valence-electron chi connectivity index (χ0n) is 16.1. The van der Waals surface area contributed by atoms with Gasteiger partial charge in [-0.25, -0.2) is 0 Å². The van der Waals surface area contributed by atoms with Gasteiger partial charge in [0, 0.05) is 36.2 Å². The number of aromatic nitrogens is 4. The number of nitrogens with zero attached hydrogens (tertiary/aromatic N) is 5. The van der Waals surface area contributed by atoms with E-state index in [9.17, 15) is 4.79 Å². The third kappa shape index (κ3) is 3.54. The van der Waals surface area contributed by atoms with Crippen LogP contribution in [-0.2, 0) is 17.8 Å². The topological polar surface area (TPSA) is 63.9 Å². The number of hydrogen-bond acceptors (Lipinski definition) is 5. The monoisotopic (exact) mass is 393 g/mol. The Morgan fingerprint density at radius 1 is 1.18 bits per heavy atom. The Morgan fingerprint density at radius 3 is 2.75 bits per heavy atom. The van der Waals surface area contributed by atoms with E-state index in [4.69, 9.17) is 0 Å². The van der Waals surface area contributed by atoms with E-state index in [-0.39, 0.29) is 11.9 Å². The SMILES string of the molecule is CCn1c(SCC(=O)N2c3ccccc3CCC2C)nnc1-c1ccncc1. The molecule has 144 valence electrons. The van der Waals surface area contributed by atoms with E-state index in [0.29, 0.717) is 5.75 Å². The van der Waals surface area contributed by atoms with Crippen molar-refractivity contribution in [3.8, 4) is 11.4 Å². The van der Waals surface area contributed by atoms with E-state index in [1.54, 1.807) is 12.4 Å². The summed E-state index contributed by atoms with van der Waals surface area (Å²) in [5, 5.41) is 9.43. The molecule has 2 aromatic heterocycles. The fourth-order valence-corrected chi connectivity index (χ4v) is 4.52. The number of aryl methyl sites for hydroxylation is 1. The van der Waals surface area contributed by atoms with Crippen molar-refractivity contribution in [2.24, 2.45) is 0 Å². The lowest BCUT2D eigenvalue weighted by Crippen LogP contribution is -2.43. The van der Waals surface area contributed by atoms with Crippen molar-refractivity contribution >= 4 is 23.4 Å². The van der Waals surface area contributed by atoms with Gasteiger partial charge in [-0.05, 0) is 50.5 Å². The van der Waals surface area contributed by atoms with Gasteiger partial charge in [-0.15, -0.1) is 10.2 Å². The van der Waals surface area contributed by atoms with Crippen molar-refractivity contribution in [3.63, 3.8) is 0 Å². The second-order valence-corrected chi connectivity index (χ2v) is 7.80. The molecule has 1 aliphatic rings. The number of fused-ring (bicyclic) bond motifs is 1. The Kier molecular flexibility index (Phi) is 5.43. The third-order valence-corrected chi connectivity index (χ3v) is 6.04. The molecule has 6 nitrogen and oxygen atoms in total. The number of hydrogen-bond donors (Lipinski definition) is 0. The summed E-state index contributed by atoms with van der Waals surface area (Å²) >= 11 is 1.45. The highest BCUT2D eigenvalue weighted by Crippen LogP contribution is 2.32. The van der Waals surface area contributed by atoms with E-state index in [2.05, 4.69) is 35.1 Å². The zero-order valence-corrected chi connectivity index (χ0v) is 16.9. The van der Waals surface area contributed by atoms with Crippen LogP contribution in [-0.4, -0.2) is 37.5 Å². The maximum absolute atomic E-state index is 13.1. The van der Waals surface area contributed by atoms with Crippen LogP contribution in [0.15, 0.2) is 53.9 Å². The highest BCUT2D eigenvalue weighted by molar-refractivity contribution is 7.99. The van der Waals surface area contributed by atoms with E-state index in [0.717, 1.165) is 41.6 Å². The van der Waals surface area contributed by atoms with E-state index < -0.39 is 0 Å². The first-order valence-corrected chi connectivity index (χ1v) is 10.5. The second kappa shape index (κ2) is 8.14. The molecule has 3 heterocycles. The quantitative estimate of drug-likeness (QED) is 0.617. The Labute approximate surface area is 169 Å². The van der Waals surface area contributed by atoms with Gasteiger partial charge in [-0.2, -0.15) is 0 Å². The lowest BCUT2D eigenvalue weighted by molar-refractivity contribution is -0.116. The lowest BCUT2D eigenvalue weighted by Gasteiger charge is -2.35. The highest BCUT2D eigenvalue weighted by atomic mass is 32.2. The average Bonchev–Trinajstić information content (AvgIpc) is 3.15. The van der Waals surface area contributed by atoms with Crippen LogP contribution < -0.4 is 4.90 Å². The maximum atomic E-state index is 13.1. The minimum atomic E-state index is 0.112. The molecular weight excluding hydrogens is 370 g/mol. The molecule has 4 rings (SSSR count). The predicted molar refractivity (Wildman–Crippen MR) is 111 cm³/mol. The molecule has 0 bridgehead atoms. The summed E-state index contributed by atoms with van der Waals surface area (Å²) in [4.78, 5) is 19.1.